The Morgan fingerprint density at radius 2 is 2.00 bits per heavy atom. The van der Waals surface area contributed by atoms with E-state index in [-0.39, 0.29) is 0 Å². The fourth-order valence-electron chi connectivity index (χ4n) is 1.63. The van der Waals surface area contributed by atoms with E-state index in [1.807, 2.05) is 0 Å². The van der Waals surface area contributed by atoms with Gasteiger partial charge in [0.1, 0.15) is 0 Å². The van der Waals surface area contributed by atoms with Gasteiger partial charge in [-0.15, -0.1) is 0 Å². The summed E-state index contributed by atoms with van der Waals surface area (Å²) >= 11 is 0. The summed E-state index contributed by atoms with van der Waals surface area (Å²) in [5, 5.41) is 6.84. The van der Waals surface area contributed by atoms with E-state index in [9.17, 15) is 0 Å². The molecule has 1 fully saturated rings. The van der Waals surface area contributed by atoms with E-state index in [2.05, 4.69) is 34.5 Å². The maximum absolute atomic E-state index is 3.48. The van der Waals surface area contributed by atoms with Crippen LogP contribution in [0.25, 0.3) is 0 Å². The van der Waals surface area contributed by atoms with Crippen LogP contribution in [-0.2, 0) is 0 Å². The maximum atomic E-state index is 3.48. The van der Waals surface area contributed by atoms with Crippen molar-refractivity contribution in [1.82, 2.24) is 20.4 Å². The van der Waals surface area contributed by atoms with Crippen molar-refractivity contribution in [2.75, 3.05) is 60.0 Å². The number of nitrogens with one attached hydrogen (secondary N) is 2. The first-order chi connectivity index (χ1) is 6.79. The van der Waals surface area contributed by atoms with Gasteiger partial charge in [-0.1, -0.05) is 0 Å². The van der Waals surface area contributed by atoms with Crippen LogP contribution in [0.2, 0.25) is 0 Å². The summed E-state index contributed by atoms with van der Waals surface area (Å²) in [5.74, 6) is 0. The molecule has 0 saturated carbocycles. The second kappa shape index (κ2) is 7.17. The van der Waals surface area contributed by atoms with E-state index in [0.29, 0.717) is 0 Å². The summed E-state index contributed by atoms with van der Waals surface area (Å²) in [6, 6.07) is 0. The van der Waals surface area contributed by atoms with E-state index in [0.717, 1.165) is 26.3 Å². The van der Waals surface area contributed by atoms with Crippen LogP contribution in [0.15, 0.2) is 0 Å². The standard InChI is InChI=1S/C10H24N4/c1-13(2)7-3-4-12-10-14-8-5-11-6-9-14/h11-12H,3-10H2,1-2H3. The minimum absolute atomic E-state index is 1.05. The van der Waals surface area contributed by atoms with Gasteiger partial charge in [-0.25, -0.2) is 0 Å². The first-order valence-electron chi connectivity index (χ1n) is 5.57. The molecule has 0 bridgehead atoms. The highest BCUT2D eigenvalue weighted by Crippen LogP contribution is 1.89. The van der Waals surface area contributed by atoms with Crippen LogP contribution in [-0.4, -0.2) is 69.8 Å². The molecule has 1 heterocycles. The van der Waals surface area contributed by atoms with E-state index < -0.39 is 0 Å². The third kappa shape index (κ3) is 5.54. The molecule has 0 aromatic carbocycles. The van der Waals surface area contributed by atoms with Gasteiger partial charge in [0.2, 0.25) is 0 Å². The predicted octanol–water partition coefficient (Wildman–Crippen LogP) is -0.610. The van der Waals surface area contributed by atoms with Crippen LogP contribution in [0.5, 0.6) is 0 Å². The molecule has 0 aliphatic carbocycles. The number of nitrogens with zero attached hydrogens (tertiary/aromatic N) is 2. The van der Waals surface area contributed by atoms with E-state index >= 15 is 0 Å². The largest absolute Gasteiger partial charge is 0.314 e. The molecule has 0 unspecified atom stereocenters. The number of piperazine rings is 1. The zero-order valence-corrected chi connectivity index (χ0v) is 9.55. The molecule has 84 valence electrons. The lowest BCUT2D eigenvalue weighted by atomic mass is 10.4. The molecule has 1 aliphatic rings. The molecule has 0 aromatic rings. The Hall–Kier alpha value is -0.160. The van der Waals surface area contributed by atoms with Gasteiger partial charge in [-0.05, 0) is 33.6 Å². The topological polar surface area (TPSA) is 30.5 Å². The van der Waals surface area contributed by atoms with Crippen molar-refractivity contribution >= 4 is 0 Å². The highest BCUT2D eigenvalue weighted by atomic mass is 15.3. The van der Waals surface area contributed by atoms with Crippen LogP contribution in [0.1, 0.15) is 6.42 Å². The van der Waals surface area contributed by atoms with Crippen molar-refractivity contribution in [1.29, 1.82) is 0 Å². The van der Waals surface area contributed by atoms with E-state index in [1.54, 1.807) is 0 Å². The monoisotopic (exact) mass is 200 g/mol. The van der Waals surface area contributed by atoms with Gasteiger partial charge in [0.15, 0.2) is 0 Å². The predicted molar refractivity (Wildman–Crippen MR) is 60.5 cm³/mol. The molecule has 1 saturated heterocycles. The molecule has 0 radical (unpaired) electrons. The highest BCUT2D eigenvalue weighted by Gasteiger charge is 2.07. The fourth-order valence-corrected chi connectivity index (χ4v) is 1.63. The Balaban J connectivity index is 1.87. The Labute approximate surface area is 87.6 Å². The minimum atomic E-state index is 1.05. The van der Waals surface area contributed by atoms with Gasteiger partial charge in [0.25, 0.3) is 0 Å². The number of rotatable bonds is 6. The highest BCUT2D eigenvalue weighted by molar-refractivity contribution is 4.66. The third-order valence-electron chi connectivity index (χ3n) is 2.50. The van der Waals surface area contributed by atoms with Crippen molar-refractivity contribution in [3.8, 4) is 0 Å². The van der Waals surface area contributed by atoms with Crippen LogP contribution in [0.4, 0.5) is 0 Å². The zero-order chi connectivity index (χ0) is 10.2. The lowest BCUT2D eigenvalue weighted by molar-refractivity contribution is 0.222. The summed E-state index contributed by atoms with van der Waals surface area (Å²) in [5.41, 5.74) is 0. The van der Waals surface area contributed by atoms with Crippen molar-refractivity contribution < 1.29 is 0 Å². The normalized spacial score (nSPS) is 19.1. The van der Waals surface area contributed by atoms with E-state index in [4.69, 9.17) is 0 Å². The second-order valence-corrected chi connectivity index (χ2v) is 4.18. The van der Waals surface area contributed by atoms with Crippen LogP contribution in [0.3, 0.4) is 0 Å². The molecule has 2 N–H and O–H groups in total. The molecule has 4 heteroatoms. The van der Waals surface area contributed by atoms with Gasteiger partial charge in [-0.3, -0.25) is 4.90 Å². The lowest BCUT2D eigenvalue weighted by Gasteiger charge is -2.27. The first-order valence-corrected chi connectivity index (χ1v) is 5.57. The van der Waals surface area contributed by atoms with Crippen molar-refractivity contribution in [2.45, 2.75) is 6.42 Å². The van der Waals surface area contributed by atoms with Gasteiger partial charge >= 0.3 is 0 Å². The second-order valence-electron chi connectivity index (χ2n) is 4.18. The van der Waals surface area contributed by atoms with Crippen LogP contribution < -0.4 is 10.6 Å². The third-order valence-corrected chi connectivity index (χ3v) is 2.50. The average molecular weight is 200 g/mol. The molecular formula is C10H24N4. The average Bonchev–Trinajstić information content (AvgIpc) is 2.18. The number of hydrogen-bond donors (Lipinski definition) is 2. The molecule has 0 amide bonds. The first kappa shape index (κ1) is 11.9. The van der Waals surface area contributed by atoms with Crippen LogP contribution >= 0.6 is 0 Å². The molecule has 1 aliphatic heterocycles. The fraction of sp³-hybridized carbons (Fsp3) is 1.00. The Kier molecular flexibility index (Phi) is 6.10. The van der Waals surface area contributed by atoms with Crippen LogP contribution in [0, 0.1) is 0 Å². The maximum Gasteiger partial charge on any atom is 0.0481 e. The Bertz CT molecular complexity index is 132. The minimum Gasteiger partial charge on any atom is -0.314 e. The zero-order valence-electron chi connectivity index (χ0n) is 9.55. The summed E-state index contributed by atoms with van der Waals surface area (Å²) in [6.07, 6.45) is 1.24. The summed E-state index contributed by atoms with van der Waals surface area (Å²) in [4.78, 5) is 4.69. The van der Waals surface area contributed by atoms with Gasteiger partial charge in [0.05, 0.1) is 0 Å². The molecule has 0 spiro atoms. The molecule has 0 atom stereocenters. The Morgan fingerprint density at radius 1 is 1.29 bits per heavy atom. The molecule has 14 heavy (non-hydrogen) atoms. The van der Waals surface area contributed by atoms with Gasteiger partial charge in [-0.2, -0.15) is 0 Å². The molecule has 4 nitrogen and oxygen atoms in total. The van der Waals surface area contributed by atoms with E-state index in [1.165, 1.54) is 26.1 Å². The quantitative estimate of drug-likeness (QED) is 0.560. The SMILES string of the molecule is CN(C)CCCNCN1CCNCC1. The van der Waals surface area contributed by atoms with Crippen molar-refractivity contribution in [3.05, 3.63) is 0 Å². The summed E-state index contributed by atoms with van der Waals surface area (Å²) < 4.78 is 0. The molecule has 1 rings (SSSR count). The smallest absolute Gasteiger partial charge is 0.0481 e. The lowest BCUT2D eigenvalue weighted by Crippen LogP contribution is -2.47. The van der Waals surface area contributed by atoms with Gasteiger partial charge in [0, 0.05) is 32.8 Å². The summed E-state index contributed by atoms with van der Waals surface area (Å²) in [7, 11) is 4.24. The van der Waals surface area contributed by atoms with Gasteiger partial charge < -0.3 is 15.5 Å². The number of hydrogen-bond acceptors (Lipinski definition) is 4. The Morgan fingerprint density at radius 3 is 2.64 bits per heavy atom. The molecule has 0 aromatic heterocycles. The summed E-state index contributed by atoms with van der Waals surface area (Å²) in [6.45, 7) is 7.99. The molecular weight excluding hydrogens is 176 g/mol. The van der Waals surface area contributed by atoms with Crippen molar-refractivity contribution in [2.24, 2.45) is 0 Å². The van der Waals surface area contributed by atoms with Crippen molar-refractivity contribution in [3.63, 3.8) is 0 Å².